The van der Waals surface area contributed by atoms with Crippen molar-refractivity contribution in [2.24, 2.45) is 0 Å². The maximum atomic E-state index is 10.6. The molecule has 1 aromatic rings. The van der Waals surface area contributed by atoms with Gasteiger partial charge in [0.25, 0.3) is 0 Å². The van der Waals surface area contributed by atoms with Gasteiger partial charge in [-0.1, -0.05) is 5.92 Å². The normalized spacial score (nSPS) is 11.4. The van der Waals surface area contributed by atoms with E-state index < -0.39 is 5.97 Å². The van der Waals surface area contributed by atoms with Crippen LogP contribution in [-0.4, -0.2) is 22.1 Å². The Bertz CT molecular complexity index is 382. The average Bonchev–Trinajstić information content (AvgIpc) is 2.18. The van der Waals surface area contributed by atoms with Crippen molar-refractivity contribution in [3.05, 3.63) is 23.9 Å². The largest absolute Gasteiger partial charge is 0.478 e. The van der Waals surface area contributed by atoms with Crippen molar-refractivity contribution < 1.29 is 9.90 Å². The van der Waals surface area contributed by atoms with Gasteiger partial charge in [0, 0.05) is 6.20 Å². The molecule has 0 saturated heterocycles. The fourth-order valence-electron chi connectivity index (χ4n) is 0.906. The molecule has 72 valence electrons. The number of hydrogen-bond acceptors (Lipinski definition) is 3. The quantitative estimate of drug-likeness (QED) is 0.703. The number of nitrogens with one attached hydrogen (secondary N) is 1. The molecule has 2 N–H and O–H groups in total. The first kappa shape index (κ1) is 10.1. The van der Waals surface area contributed by atoms with Crippen molar-refractivity contribution in [3.63, 3.8) is 0 Å². The summed E-state index contributed by atoms with van der Waals surface area (Å²) in [6.45, 7) is 1.79. The molecule has 14 heavy (non-hydrogen) atoms. The van der Waals surface area contributed by atoms with Crippen LogP contribution in [0.25, 0.3) is 0 Å². The van der Waals surface area contributed by atoms with Crippen molar-refractivity contribution in [3.8, 4) is 12.3 Å². The molecule has 0 spiro atoms. The number of rotatable bonds is 3. The number of carbonyl (C=O) groups is 1. The minimum absolute atomic E-state index is 0.174. The van der Waals surface area contributed by atoms with Crippen molar-refractivity contribution in [1.82, 2.24) is 4.98 Å². The molecule has 0 aliphatic heterocycles. The van der Waals surface area contributed by atoms with E-state index in [9.17, 15) is 4.79 Å². The summed E-state index contributed by atoms with van der Waals surface area (Å²) >= 11 is 0. The van der Waals surface area contributed by atoms with Gasteiger partial charge in [-0.2, -0.15) is 0 Å². The van der Waals surface area contributed by atoms with Gasteiger partial charge in [0.05, 0.1) is 11.6 Å². The highest BCUT2D eigenvalue weighted by molar-refractivity contribution is 5.88. The Balaban J connectivity index is 2.85. The molecule has 1 unspecified atom stereocenters. The van der Waals surface area contributed by atoms with Gasteiger partial charge in [-0.25, -0.2) is 9.78 Å². The van der Waals surface area contributed by atoms with Crippen LogP contribution in [-0.2, 0) is 0 Å². The second-order valence-electron chi connectivity index (χ2n) is 2.77. The van der Waals surface area contributed by atoms with Crippen molar-refractivity contribution in [2.75, 3.05) is 5.32 Å². The first-order valence-electron chi connectivity index (χ1n) is 4.05. The molecule has 0 bridgehead atoms. The molecule has 1 rings (SSSR count). The van der Waals surface area contributed by atoms with E-state index in [0.717, 1.165) is 0 Å². The molecule has 1 atom stereocenters. The van der Waals surface area contributed by atoms with Crippen LogP contribution in [0, 0.1) is 12.3 Å². The van der Waals surface area contributed by atoms with Gasteiger partial charge in [0.15, 0.2) is 0 Å². The van der Waals surface area contributed by atoms with Crippen molar-refractivity contribution >= 4 is 11.8 Å². The van der Waals surface area contributed by atoms with E-state index in [4.69, 9.17) is 11.5 Å². The summed E-state index contributed by atoms with van der Waals surface area (Å²) in [5.41, 5.74) is 0.187. The molecule has 0 saturated carbocycles. The number of terminal acetylenes is 1. The average molecular weight is 190 g/mol. The Hall–Kier alpha value is -2.02. The number of hydrogen-bond donors (Lipinski definition) is 2. The van der Waals surface area contributed by atoms with Crippen LogP contribution < -0.4 is 5.32 Å². The lowest BCUT2D eigenvalue weighted by Crippen LogP contribution is -2.13. The summed E-state index contributed by atoms with van der Waals surface area (Å²) in [5, 5.41) is 11.6. The monoisotopic (exact) mass is 190 g/mol. The van der Waals surface area contributed by atoms with Gasteiger partial charge in [-0.05, 0) is 19.1 Å². The van der Waals surface area contributed by atoms with Gasteiger partial charge in [-0.3, -0.25) is 0 Å². The molecule has 4 heteroatoms. The smallest absolute Gasteiger partial charge is 0.335 e. The maximum absolute atomic E-state index is 10.6. The first-order chi connectivity index (χ1) is 6.63. The third-order valence-corrected chi connectivity index (χ3v) is 1.62. The lowest BCUT2D eigenvalue weighted by atomic mass is 10.2. The molecule has 0 radical (unpaired) electrons. The number of carboxylic acids is 1. The Morgan fingerprint density at radius 2 is 2.50 bits per heavy atom. The zero-order valence-corrected chi connectivity index (χ0v) is 7.69. The maximum Gasteiger partial charge on any atom is 0.335 e. The van der Waals surface area contributed by atoms with Gasteiger partial charge >= 0.3 is 5.97 Å². The lowest BCUT2D eigenvalue weighted by molar-refractivity contribution is 0.0697. The van der Waals surface area contributed by atoms with Gasteiger partial charge in [0.1, 0.15) is 5.82 Å². The zero-order chi connectivity index (χ0) is 10.6. The van der Waals surface area contributed by atoms with Crippen LogP contribution in [0.2, 0.25) is 0 Å². The summed E-state index contributed by atoms with van der Waals surface area (Å²) in [6, 6.07) is 2.69. The van der Waals surface area contributed by atoms with Crippen molar-refractivity contribution in [1.29, 1.82) is 0 Å². The molecule has 1 aromatic heterocycles. The van der Waals surface area contributed by atoms with E-state index in [1.165, 1.54) is 18.3 Å². The Morgan fingerprint density at radius 1 is 1.79 bits per heavy atom. The topological polar surface area (TPSA) is 62.2 Å². The van der Waals surface area contributed by atoms with Crippen LogP contribution in [0.3, 0.4) is 0 Å². The second kappa shape index (κ2) is 4.28. The van der Waals surface area contributed by atoms with Crippen molar-refractivity contribution in [2.45, 2.75) is 13.0 Å². The number of aromatic nitrogens is 1. The standard InChI is InChI=1S/C10H10N2O2/c1-3-7(2)12-9-6-8(10(13)14)4-5-11-9/h1,4-7H,2H3,(H,11,12)(H,13,14). The molecule has 0 fully saturated rings. The molecule has 0 amide bonds. The summed E-state index contributed by atoms with van der Waals surface area (Å²) in [6.07, 6.45) is 6.59. The van der Waals surface area contributed by atoms with E-state index in [-0.39, 0.29) is 11.6 Å². The van der Waals surface area contributed by atoms with Crippen LogP contribution >= 0.6 is 0 Å². The first-order valence-corrected chi connectivity index (χ1v) is 4.05. The Morgan fingerprint density at radius 3 is 3.07 bits per heavy atom. The number of carboxylic acid groups (broad SMARTS) is 1. The molecule has 1 heterocycles. The van der Waals surface area contributed by atoms with E-state index >= 15 is 0 Å². The highest BCUT2D eigenvalue weighted by Gasteiger charge is 2.04. The Kier molecular flexibility index (Phi) is 3.08. The highest BCUT2D eigenvalue weighted by atomic mass is 16.4. The fraction of sp³-hybridized carbons (Fsp3) is 0.200. The molecular weight excluding hydrogens is 180 g/mol. The predicted octanol–water partition coefficient (Wildman–Crippen LogP) is 1.21. The predicted molar refractivity (Wildman–Crippen MR) is 53.1 cm³/mol. The van der Waals surface area contributed by atoms with Gasteiger partial charge in [-0.15, -0.1) is 6.42 Å². The van der Waals surface area contributed by atoms with Crippen LogP contribution in [0.15, 0.2) is 18.3 Å². The molecule has 0 aliphatic carbocycles. The minimum Gasteiger partial charge on any atom is -0.478 e. The summed E-state index contributed by atoms with van der Waals surface area (Å²) in [4.78, 5) is 14.6. The number of anilines is 1. The molecular formula is C10H10N2O2. The fourth-order valence-corrected chi connectivity index (χ4v) is 0.906. The van der Waals surface area contributed by atoms with E-state index in [2.05, 4.69) is 16.2 Å². The molecule has 4 nitrogen and oxygen atoms in total. The van der Waals surface area contributed by atoms with Gasteiger partial charge in [0.2, 0.25) is 0 Å². The second-order valence-corrected chi connectivity index (χ2v) is 2.77. The van der Waals surface area contributed by atoms with E-state index in [0.29, 0.717) is 5.82 Å². The van der Waals surface area contributed by atoms with Crippen LogP contribution in [0.5, 0.6) is 0 Å². The summed E-state index contributed by atoms with van der Waals surface area (Å²) in [7, 11) is 0. The van der Waals surface area contributed by atoms with Crippen LogP contribution in [0.1, 0.15) is 17.3 Å². The van der Waals surface area contributed by atoms with E-state index in [1.54, 1.807) is 6.92 Å². The number of nitrogens with zero attached hydrogens (tertiary/aromatic N) is 1. The summed E-state index contributed by atoms with van der Waals surface area (Å²) in [5.74, 6) is 1.95. The highest BCUT2D eigenvalue weighted by Crippen LogP contribution is 2.07. The van der Waals surface area contributed by atoms with E-state index in [1.807, 2.05) is 0 Å². The molecule has 0 aromatic carbocycles. The Labute approximate surface area is 82.0 Å². The minimum atomic E-state index is -0.983. The third kappa shape index (κ3) is 2.49. The number of aromatic carboxylic acids is 1. The van der Waals surface area contributed by atoms with Crippen LogP contribution in [0.4, 0.5) is 5.82 Å². The SMILES string of the molecule is C#CC(C)Nc1cc(C(=O)O)ccn1. The summed E-state index contributed by atoms with van der Waals surface area (Å²) < 4.78 is 0. The number of pyridine rings is 1. The molecule has 0 aliphatic rings. The zero-order valence-electron chi connectivity index (χ0n) is 7.69. The third-order valence-electron chi connectivity index (χ3n) is 1.62. The van der Waals surface area contributed by atoms with Gasteiger partial charge < -0.3 is 10.4 Å². The lowest BCUT2D eigenvalue weighted by Gasteiger charge is -2.07.